The number of hydrogen-bond donors (Lipinski definition) is 3. The second-order valence-corrected chi connectivity index (χ2v) is 9.63. The molecule has 0 aliphatic heterocycles. The molecule has 0 spiro atoms. The predicted octanol–water partition coefficient (Wildman–Crippen LogP) is 4.09. The number of aromatic amines is 2. The minimum Gasteiger partial charge on any atom is -0.498 e. The maximum Gasteiger partial charge on any atom is 0.274 e. The fourth-order valence-electron chi connectivity index (χ4n) is 4.34. The monoisotopic (exact) mass is 487 g/mol. The molecule has 0 saturated carbocycles. The molecule has 5 rings (SSSR count). The number of ether oxygens (including phenoxy) is 2. The van der Waals surface area contributed by atoms with Gasteiger partial charge in [-0.1, -0.05) is 39.0 Å². The lowest BCUT2D eigenvalue weighted by Crippen LogP contribution is -2.23. The maximum atomic E-state index is 13.7. The van der Waals surface area contributed by atoms with Gasteiger partial charge in [0, 0.05) is 37.1 Å². The lowest BCUT2D eigenvalue weighted by atomic mass is 9.87. The van der Waals surface area contributed by atoms with Crippen molar-refractivity contribution in [2.75, 3.05) is 19.5 Å². The first-order chi connectivity index (χ1) is 17.3. The third-order valence-corrected chi connectivity index (χ3v) is 6.22. The zero-order valence-electron chi connectivity index (χ0n) is 20.9. The van der Waals surface area contributed by atoms with Gasteiger partial charge in [0.15, 0.2) is 11.5 Å². The van der Waals surface area contributed by atoms with Gasteiger partial charge in [-0.2, -0.15) is 10.2 Å². The van der Waals surface area contributed by atoms with Gasteiger partial charge >= 0.3 is 0 Å². The average molecular weight is 488 g/mol. The van der Waals surface area contributed by atoms with Crippen LogP contribution in [0.3, 0.4) is 0 Å². The largest absolute Gasteiger partial charge is 0.498 e. The Morgan fingerprint density at radius 1 is 1.19 bits per heavy atom. The highest BCUT2D eigenvalue weighted by Crippen LogP contribution is 2.32. The molecule has 186 valence electrons. The van der Waals surface area contributed by atoms with Gasteiger partial charge in [0.25, 0.3) is 5.91 Å². The number of benzene rings is 1. The zero-order valence-corrected chi connectivity index (χ0v) is 20.9. The highest BCUT2D eigenvalue weighted by molar-refractivity contribution is 6.06. The number of amides is 1. The number of hydrogen-bond acceptors (Lipinski definition) is 6. The van der Waals surface area contributed by atoms with Crippen molar-refractivity contribution in [3.63, 3.8) is 0 Å². The first kappa shape index (κ1) is 23.6. The highest BCUT2D eigenvalue weighted by Gasteiger charge is 2.29. The first-order valence-electron chi connectivity index (χ1n) is 11.7. The van der Waals surface area contributed by atoms with Gasteiger partial charge in [-0.3, -0.25) is 9.89 Å². The Morgan fingerprint density at radius 2 is 1.97 bits per heavy atom. The Morgan fingerprint density at radius 3 is 2.67 bits per heavy atom. The van der Waals surface area contributed by atoms with Gasteiger partial charge in [-0.05, 0) is 17.5 Å². The number of carbonyl (C=O) groups excluding carboxylic acids is 1. The molecule has 10 nitrogen and oxygen atoms in total. The summed E-state index contributed by atoms with van der Waals surface area (Å²) >= 11 is 0. The summed E-state index contributed by atoms with van der Waals surface area (Å²) in [4.78, 5) is 21.7. The number of nitrogens with zero attached hydrogens (tertiary/aromatic N) is 4. The van der Waals surface area contributed by atoms with E-state index in [1.807, 2.05) is 36.4 Å². The Bertz CT molecular complexity index is 1420. The number of anilines is 1. The second kappa shape index (κ2) is 9.12. The minimum atomic E-state index is -0.291. The Kier molecular flexibility index (Phi) is 5.97. The van der Waals surface area contributed by atoms with Crippen LogP contribution in [0.5, 0.6) is 0 Å². The molecule has 10 heteroatoms. The van der Waals surface area contributed by atoms with Crippen LogP contribution in [0.1, 0.15) is 48.2 Å². The van der Waals surface area contributed by atoms with E-state index in [-0.39, 0.29) is 17.4 Å². The van der Waals surface area contributed by atoms with Crippen LogP contribution in [0.4, 0.5) is 5.69 Å². The fourth-order valence-corrected chi connectivity index (χ4v) is 4.34. The van der Waals surface area contributed by atoms with Gasteiger partial charge in [0.2, 0.25) is 0 Å². The Balaban J connectivity index is 1.49. The number of rotatable bonds is 6. The molecule has 3 N–H and O–H groups in total. The van der Waals surface area contributed by atoms with Crippen molar-refractivity contribution in [2.24, 2.45) is 0 Å². The molecular formula is C26H29N7O3. The Labute approximate surface area is 208 Å². The summed E-state index contributed by atoms with van der Waals surface area (Å²) in [5.41, 5.74) is 4.50. The number of imidazole rings is 1. The van der Waals surface area contributed by atoms with Gasteiger partial charge in [-0.25, -0.2) is 9.67 Å². The van der Waals surface area contributed by atoms with E-state index in [4.69, 9.17) is 14.5 Å². The van der Waals surface area contributed by atoms with Crippen LogP contribution in [0.25, 0.3) is 23.3 Å². The van der Waals surface area contributed by atoms with Crippen LogP contribution in [0.15, 0.2) is 48.5 Å². The van der Waals surface area contributed by atoms with Crippen LogP contribution in [-0.4, -0.2) is 56.2 Å². The van der Waals surface area contributed by atoms with Crippen LogP contribution in [0, 0.1) is 0 Å². The molecular weight excluding hydrogens is 458 g/mol. The van der Waals surface area contributed by atoms with Crippen molar-refractivity contribution in [1.82, 2.24) is 29.9 Å². The summed E-state index contributed by atoms with van der Waals surface area (Å²) in [5.74, 6) is 0.955. The van der Waals surface area contributed by atoms with E-state index < -0.39 is 0 Å². The van der Waals surface area contributed by atoms with Crippen molar-refractivity contribution in [1.29, 1.82) is 0 Å². The van der Waals surface area contributed by atoms with E-state index in [0.29, 0.717) is 35.1 Å². The van der Waals surface area contributed by atoms with Crippen molar-refractivity contribution in [2.45, 2.75) is 38.7 Å². The summed E-state index contributed by atoms with van der Waals surface area (Å²) < 4.78 is 12.6. The zero-order chi connectivity index (χ0) is 25.4. The Hall–Kier alpha value is -4.18. The summed E-state index contributed by atoms with van der Waals surface area (Å²) in [6.07, 6.45) is 5.65. The van der Waals surface area contributed by atoms with Crippen LogP contribution < -0.4 is 5.32 Å². The van der Waals surface area contributed by atoms with Gasteiger partial charge in [0.1, 0.15) is 17.6 Å². The second-order valence-electron chi connectivity index (χ2n) is 9.63. The molecule has 1 aromatic carbocycles. The van der Waals surface area contributed by atoms with Gasteiger partial charge < -0.3 is 19.8 Å². The van der Waals surface area contributed by atoms with Crippen molar-refractivity contribution < 1.29 is 14.3 Å². The fraction of sp³-hybridized carbons (Fsp3) is 0.308. The molecule has 1 atom stereocenters. The molecule has 0 fully saturated rings. The quantitative estimate of drug-likeness (QED) is 0.376. The predicted molar refractivity (Wildman–Crippen MR) is 136 cm³/mol. The summed E-state index contributed by atoms with van der Waals surface area (Å²) in [6, 6.07) is 9.60. The topological polar surface area (TPSA) is 123 Å². The van der Waals surface area contributed by atoms with Crippen molar-refractivity contribution in [3.05, 3.63) is 71.1 Å². The molecule has 1 amide bonds. The number of methoxy groups -OCH3 is 2. The average Bonchev–Trinajstić information content (AvgIpc) is 3.60. The van der Waals surface area contributed by atoms with E-state index in [1.165, 1.54) is 0 Å². The molecule has 3 heterocycles. The molecule has 0 saturated heterocycles. The molecule has 0 bridgehead atoms. The molecule has 1 aliphatic rings. The summed E-state index contributed by atoms with van der Waals surface area (Å²) in [5, 5.41) is 14.8. The van der Waals surface area contributed by atoms with Crippen molar-refractivity contribution >= 4 is 17.7 Å². The van der Waals surface area contributed by atoms with E-state index in [1.54, 1.807) is 31.3 Å². The standard InChI is InChI=1S/C26H29N7O3/c1-26(2,3)16-13-28-33(15-9-7-6-8-10-15)23(16)25(34)31-19-14-27-32-22(19)24-29-17-11-20(35-4)21(36-5)12-18(17)30-24/h6-11,13-14,21H,12H2,1-5H3,(H,27,32)(H,29,30)(H,31,34). The number of carbonyl (C=O) groups is 1. The van der Waals surface area contributed by atoms with E-state index in [2.05, 4.69) is 46.4 Å². The van der Waals surface area contributed by atoms with Crippen LogP contribution in [0.2, 0.25) is 0 Å². The molecule has 1 aliphatic carbocycles. The number of fused-ring (bicyclic) bond motifs is 1. The molecule has 4 aromatic rings. The summed E-state index contributed by atoms with van der Waals surface area (Å²) in [6.45, 7) is 6.17. The molecule has 3 aromatic heterocycles. The normalized spacial score (nSPS) is 15.4. The molecule has 36 heavy (non-hydrogen) atoms. The van der Waals surface area contributed by atoms with Crippen LogP contribution >= 0.6 is 0 Å². The summed E-state index contributed by atoms with van der Waals surface area (Å²) in [7, 11) is 3.26. The van der Waals surface area contributed by atoms with E-state index in [0.717, 1.165) is 22.6 Å². The third kappa shape index (κ3) is 4.20. The highest BCUT2D eigenvalue weighted by atomic mass is 16.5. The SMILES string of the molecule is COC1=Cc2nc(-c3n[nH]cc3NC(=O)c3c(C(C)(C)C)cnn3-c3ccccc3)[nH]c2CC1OC. The van der Waals surface area contributed by atoms with E-state index in [9.17, 15) is 4.79 Å². The smallest absolute Gasteiger partial charge is 0.274 e. The maximum absolute atomic E-state index is 13.7. The third-order valence-electron chi connectivity index (χ3n) is 6.22. The number of H-pyrrole nitrogens is 2. The number of aromatic nitrogens is 6. The minimum absolute atomic E-state index is 0.191. The number of nitrogens with one attached hydrogen (secondary N) is 3. The van der Waals surface area contributed by atoms with Gasteiger partial charge in [0.05, 0.1) is 30.4 Å². The van der Waals surface area contributed by atoms with Crippen LogP contribution in [-0.2, 0) is 21.3 Å². The van der Waals surface area contributed by atoms with Gasteiger partial charge in [-0.15, -0.1) is 0 Å². The first-order valence-corrected chi connectivity index (χ1v) is 11.7. The van der Waals surface area contributed by atoms with Crippen molar-refractivity contribution in [3.8, 4) is 17.2 Å². The number of para-hydroxylation sites is 1. The lowest BCUT2D eigenvalue weighted by Gasteiger charge is -2.20. The van der Waals surface area contributed by atoms with E-state index >= 15 is 0 Å². The molecule has 1 unspecified atom stereocenters. The lowest BCUT2D eigenvalue weighted by molar-refractivity contribution is 0.0788. The molecule has 0 radical (unpaired) electrons.